The van der Waals surface area contributed by atoms with Crippen molar-refractivity contribution in [3.63, 3.8) is 0 Å². The Kier molecular flexibility index (Phi) is 7.79. The summed E-state index contributed by atoms with van der Waals surface area (Å²) < 4.78 is 32.2. The minimum atomic E-state index is -3.63. The Bertz CT molecular complexity index is 443. The molecule has 1 rings (SSSR count). The fourth-order valence-corrected chi connectivity index (χ4v) is 4.29. The van der Waals surface area contributed by atoms with E-state index in [4.69, 9.17) is 9.84 Å². The number of aliphatic carboxylic acids is 1. The molecule has 130 valence electrons. The molecule has 1 unspecified atom stereocenters. The largest absolute Gasteiger partial charge is 0.480 e. The molecule has 0 amide bonds. The van der Waals surface area contributed by atoms with Crippen molar-refractivity contribution in [3.05, 3.63) is 0 Å². The SMILES string of the molecule is CC(C)C[C@H](NS(=O)(=O)CC(C)COC1CCCC1)C(=O)O. The minimum Gasteiger partial charge on any atom is -0.480 e. The van der Waals surface area contributed by atoms with Crippen LogP contribution in [0.1, 0.15) is 52.9 Å². The Morgan fingerprint density at radius 2 is 1.86 bits per heavy atom. The summed E-state index contributed by atoms with van der Waals surface area (Å²) in [6.45, 7) is 5.94. The van der Waals surface area contributed by atoms with Gasteiger partial charge in [-0.15, -0.1) is 0 Å². The highest BCUT2D eigenvalue weighted by molar-refractivity contribution is 7.89. The first-order chi connectivity index (χ1) is 10.2. The molecule has 0 spiro atoms. The van der Waals surface area contributed by atoms with Gasteiger partial charge in [0.05, 0.1) is 18.5 Å². The summed E-state index contributed by atoms with van der Waals surface area (Å²) in [4.78, 5) is 11.1. The van der Waals surface area contributed by atoms with Crippen molar-refractivity contribution >= 4 is 16.0 Å². The molecule has 0 saturated heterocycles. The molecule has 1 aliphatic carbocycles. The maximum Gasteiger partial charge on any atom is 0.321 e. The van der Waals surface area contributed by atoms with Crippen LogP contribution in [-0.4, -0.2) is 44.0 Å². The summed E-state index contributed by atoms with van der Waals surface area (Å²) in [5.41, 5.74) is 0. The number of nitrogens with one attached hydrogen (secondary N) is 1. The monoisotopic (exact) mass is 335 g/mol. The number of carboxylic acid groups (broad SMARTS) is 1. The molecule has 0 radical (unpaired) electrons. The lowest BCUT2D eigenvalue weighted by Gasteiger charge is -2.19. The topological polar surface area (TPSA) is 92.7 Å². The second-order valence-electron chi connectivity index (χ2n) is 6.76. The number of sulfonamides is 1. The van der Waals surface area contributed by atoms with Crippen molar-refractivity contribution in [3.8, 4) is 0 Å². The summed E-state index contributed by atoms with van der Waals surface area (Å²) >= 11 is 0. The average molecular weight is 335 g/mol. The number of hydrogen-bond acceptors (Lipinski definition) is 4. The van der Waals surface area contributed by atoms with Crippen molar-refractivity contribution < 1.29 is 23.1 Å². The Morgan fingerprint density at radius 1 is 1.27 bits per heavy atom. The van der Waals surface area contributed by atoms with Crippen molar-refractivity contribution in [1.82, 2.24) is 4.72 Å². The maximum atomic E-state index is 12.1. The summed E-state index contributed by atoms with van der Waals surface area (Å²) in [6.07, 6.45) is 4.98. The third-order valence-electron chi connectivity index (χ3n) is 3.75. The predicted octanol–water partition coefficient (Wildman–Crippen LogP) is 2.00. The highest BCUT2D eigenvalue weighted by Crippen LogP contribution is 2.21. The van der Waals surface area contributed by atoms with Crippen LogP contribution in [0.3, 0.4) is 0 Å². The van der Waals surface area contributed by atoms with E-state index in [2.05, 4.69) is 4.72 Å². The second kappa shape index (κ2) is 8.84. The third-order valence-corrected chi connectivity index (χ3v) is 5.40. The summed E-state index contributed by atoms with van der Waals surface area (Å²) in [7, 11) is -3.63. The summed E-state index contributed by atoms with van der Waals surface area (Å²) in [6, 6.07) is -1.06. The molecule has 1 aliphatic rings. The van der Waals surface area contributed by atoms with Gasteiger partial charge in [-0.1, -0.05) is 33.6 Å². The van der Waals surface area contributed by atoms with Gasteiger partial charge in [0.25, 0.3) is 0 Å². The Labute approximate surface area is 133 Å². The fourth-order valence-electron chi connectivity index (χ4n) is 2.71. The van der Waals surface area contributed by atoms with Gasteiger partial charge in [-0.3, -0.25) is 4.79 Å². The van der Waals surface area contributed by atoms with Crippen LogP contribution in [0.5, 0.6) is 0 Å². The molecule has 0 bridgehead atoms. The molecule has 1 fully saturated rings. The zero-order valence-corrected chi connectivity index (χ0v) is 14.6. The van der Waals surface area contributed by atoms with Gasteiger partial charge in [-0.05, 0) is 31.1 Å². The maximum absolute atomic E-state index is 12.1. The van der Waals surface area contributed by atoms with Gasteiger partial charge >= 0.3 is 5.97 Å². The van der Waals surface area contributed by atoms with Crippen molar-refractivity contribution in [2.75, 3.05) is 12.4 Å². The highest BCUT2D eigenvalue weighted by Gasteiger charge is 2.26. The van der Waals surface area contributed by atoms with Crippen LogP contribution in [0, 0.1) is 11.8 Å². The first kappa shape index (κ1) is 19.4. The lowest BCUT2D eigenvalue weighted by molar-refractivity contribution is -0.139. The van der Waals surface area contributed by atoms with Crippen molar-refractivity contribution in [2.24, 2.45) is 11.8 Å². The van der Waals surface area contributed by atoms with Gasteiger partial charge in [0.2, 0.25) is 10.0 Å². The normalized spacial score (nSPS) is 19.5. The Morgan fingerprint density at radius 3 is 2.36 bits per heavy atom. The lowest BCUT2D eigenvalue weighted by Crippen LogP contribution is -2.43. The van der Waals surface area contributed by atoms with Crippen LogP contribution >= 0.6 is 0 Å². The molecule has 6 nitrogen and oxygen atoms in total. The van der Waals surface area contributed by atoms with E-state index >= 15 is 0 Å². The number of carboxylic acids is 1. The predicted molar refractivity (Wildman–Crippen MR) is 85.2 cm³/mol. The molecule has 0 aromatic rings. The van der Waals surface area contributed by atoms with E-state index in [1.807, 2.05) is 20.8 Å². The molecule has 2 N–H and O–H groups in total. The van der Waals surface area contributed by atoms with E-state index in [-0.39, 0.29) is 30.1 Å². The summed E-state index contributed by atoms with van der Waals surface area (Å²) in [5, 5.41) is 9.11. The number of rotatable bonds is 10. The standard InChI is InChI=1S/C15H29NO5S/c1-11(2)8-14(15(17)18)16-22(19,20)10-12(3)9-21-13-6-4-5-7-13/h11-14,16H,4-10H2,1-3H3,(H,17,18)/t12?,14-/m0/s1. The molecule has 1 saturated carbocycles. The first-order valence-corrected chi connectivity index (χ1v) is 9.69. The molecule has 0 aromatic carbocycles. The Balaban J connectivity index is 2.44. The fraction of sp³-hybridized carbons (Fsp3) is 0.933. The van der Waals surface area contributed by atoms with Gasteiger partial charge in [-0.2, -0.15) is 0 Å². The van der Waals surface area contributed by atoms with E-state index in [1.54, 1.807) is 0 Å². The summed E-state index contributed by atoms with van der Waals surface area (Å²) in [5.74, 6) is -1.30. The molecule has 22 heavy (non-hydrogen) atoms. The molecular weight excluding hydrogens is 306 g/mol. The van der Waals surface area contributed by atoms with Crippen LogP contribution in [0.2, 0.25) is 0 Å². The van der Waals surface area contributed by atoms with E-state index in [9.17, 15) is 13.2 Å². The molecular formula is C15H29NO5S. The molecule has 2 atom stereocenters. The number of ether oxygens (including phenoxy) is 1. The van der Waals surface area contributed by atoms with Gasteiger partial charge in [0.1, 0.15) is 6.04 Å². The van der Waals surface area contributed by atoms with E-state index < -0.39 is 22.0 Å². The van der Waals surface area contributed by atoms with Crippen LogP contribution < -0.4 is 4.72 Å². The molecule has 0 aromatic heterocycles. The minimum absolute atomic E-state index is 0.104. The van der Waals surface area contributed by atoms with Crippen LogP contribution in [0.25, 0.3) is 0 Å². The first-order valence-electron chi connectivity index (χ1n) is 8.04. The van der Waals surface area contributed by atoms with Crippen LogP contribution in [0.15, 0.2) is 0 Å². The van der Waals surface area contributed by atoms with Gasteiger partial charge in [-0.25, -0.2) is 13.1 Å². The molecule has 7 heteroatoms. The number of carbonyl (C=O) groups is 1. The van der Waals surface area contributed by atoms with E-state index in [0.29, 0.717) is 6.61 Å². The lowest BCUT2D eigenvalue weighted by atomic mass is 10.1. The molecule has 0 heterocycles. The quantitative estimate of drug-likeness (QED) is 0.637. The zero-order chi connectivity index (χ0) is 16.8. The number of hydrogen-bond donors (Lipinski definition) is 2. The van der Waals surface area contributed by atoms with Gasteiger partial charge in [0.15, 0.2) is 0 Å². The highest BCUT2D eigenvalue weighted by atomic mass is 32.2. The zero-order valence-electron chi connectivity index (χ0n) is 13.7. The smallest absolute Gasteiger partial charge is 0.321 e. The van der Waals surface area contributed by atoms with Crippen molar-refractivity contribution in [1.29, 1.82) is 0 Å². The van der Waals surface area contributed by atoms with E-state index in [1.165, 1.54) is 12.8 Å². The molecule has 0 aliphatic heterocycles. The van der Waals surface area contributed by atoms with Crippen LogP contribution in [0.4, 0.5) is 0 Å². The van der Waals surface area contributed by atoms with Crippen LogP contribution in [-0.2, 0) is 19.6 Å². The third kappa shape index (κ3) is 7.56. The van der Waals surface area contributed by atoms with E-state index in [0.717, 1.165) is 12.8 Å². The second-order valence-corrected chi connectivity index (χ2v) is 8.56. The average Bonchev–Trinajstić information content (AvgIpc) is 2.87. The van der Waals surface area contributed by atoms with Crippen molar-refractivity contribution in [2.45, 2.75) is 65.0 Å². The van der Waals surface area contributed by atoms with Gasteiger partial charge < -0.3 is 9.84 Å². The Hall–Kier alpha value is -0.660. The van der Waals surface area contributed by atoms with Gasteiger partial charge in [0, 0.05) is 0 Å².